The lowest BCUT2D eigenvalue weighted by atomic mass is 10.1. The Hall–Kier alpha value is -3.48. The van der Waals surface area contributed by atoms with Crippen LogP contribution in [0.2, 0.25) is 0 Å². The van der Waals surface area contributed by atoms with Gasteiger partial charge in [0.2, 0.25) is 5.78 Å². The van der Waals surface area contributed by atoms with Crippen molar-refractivity contribution in [3.8, 4) is 5.69 Å². The van der Waals surface area contributed by atoms with Gasteiger partial charge in [0.15, 0.2) is 6.61 Å². The minimum Gasteiger partial charge on any atom is -0.454 e. The first-order valence-corrected chi connectivity index (χ1v) is 8.95. The molecule has 0 amide bonds. The van der Waals surface area contributed by atoms with E-state index in [-0.39, 0.29) is 22.9 Å². The summed E-state index contributed by atoms with van der Waals surface area (Å²) in [5.41, 5.74) is 2.33. The van der Waals surface area contributed by atoms with Gasteiger partial charge < -0.3 is 13.7 Å². The van der Waals surface area contributed by atoms with Gasteiger partial charge in [-0.25, -0.2) is 14.0 Å². The first-order valence-electron chi connectivity index (χ1n) is 8.95. The number of halogens is 1. The van der Waals surface area contributed by atoms with E-state index in [0.717, 1.165) is 5.69 Å². The van der Waals surface area contributed by atoms with E-state index < -0.39 is 18.2 Å². The fraction of sp³-hybridized carbons (Fsp3) is 0.227. The number of benzene rings is 1. The van der Waals surface area contributed by atoms with Crippen LogP contribution in [0.25, 0.3) is 5.69 Å². The van der Waals surface area contributed by atoms with Crippen molar-refractivity contribution in [2.75, 3.05) is 6.61 Å². The fourth-order valence-corrected chi connectivity index (χ4v) is 3.40. The van der Waals surface area contributed by atoms with Crippen LogP contribution in [0.3, 0.4) is 0 Å². The van der Waals surface area contributed by atoms with E-state index in [2.05, 4.69) is 0 Å². The Morgan fingerprint density at radius 2 is 1.83 bits per heavy atom. The maximum Gasteiger partial charge on any atom is 0.342 e. The molecule has 0 saturated heterocycles. The number of ether oxygens (including phenoxy) is 1. The van der Waals surface area contributed by atoms with Gasteiger partial charge in [-0.2, -0.15) is 0 Å². The van der Waals surface area contributed by atoms with Crippen LogP contribution in [-0.4, -0.2) is 22.9 Å². The second kappa shape index (κ2) is 7.87. The maximum absolute atomic E-state index is 13.6. The quantitative estimate of drug-likeness (QED) is 0.483. The van der Waals surface area contributed by atoms with Crippen LogP contribution >= 0.6 is 0 Å². The SMILES string of the molecule is Cc1cc(=O)oc(C)c1C(=O)OCC(=O)c1cc(C)n(-c2cccc(F)c2)c1C. The number of esters is 1. The highest BCUT2D eigenvalue weighted by molar-refractivity contribution is 6.01. The highest BCUT2D eigenvalue weighted by Crippen LogP contribution is 2.22. The van der Waals surface area contributed by atoms with Gasteiger partial charge in [-0.1, -0.05) is 6.07 Å². The van der Waals surface area contributed by atoms with E-state index >= 15 is 0 Å². The third-order valence-corrected chi connectivity index (χ3v) is 4.67. The second-order valence-electron chi connectivity index (χ2n) is 6.78. The van der Waals surface area contributed by atoms with Gasteiger partial charge in [-0.05, 0) is 57.5 Å². The summed E-state index contributed by atoms with van der Waals surface area (Å²) in [6.45, 7) is 6.16. The molecule has 0 atom stereocenters. The Morgan fingerprint density at radius 3 is 2.48 bits per heavy atom. The van der Waals surface area contributed by atoms with Crippen molar-refractivity contribution in [2.24, 2.45) is 0 Å². The predicted molar refractivity (Wildman–Crippen MR) is 104 cm³/mol. The Balaban J connectivity index is 1.81. The molecule has 0 aliphatic carbocycles. The first kappa shape index (κ1) is 20.3. The highest BCUT2D eigenvalue weighted by atomic mass is 19.1. The van der Waals surface area contributed by atoms with Gasteiger partial charge in [0.05, 0.1) is 0 Å². The van der Waals surface area contributed by atoms with E-state index in [1.54, 1.807) is 43.5 Å². The van der Waals surface area contributed by atoms with Crippen molar-refractivity contribution in [2.45, 2.75) is 27.7 Å². The second-order valence-corrected chi connectivity index (χ2v) is 6.78. The molecule has 0 aliphatic rings. The molecule has 1 aromatic carbocycles. The molecule has 3 rings (SSSR count). The number of Topliss-reactive ketones (excluding diaryl/α,β-unsaturated/α-hetero) is 1. The summed E-state index contributed by atoms with van der Waals surface area (Å²) < 4.78 is 25.4. The molecular weight excluding hydrogens is 377 g/mol. The number of hydrogen-bond donors (Lipinski definition) is 0. The molecule has 0 N–H and O–H groups in total. The van der Waals surface area contributed by atoms with Gasteiger partial charge in [0.1, 0.15) is 17.1 Å². The van der Waals surface area contributed by atoms with E-state index in [0.29, 0.717) is 22.5 Å². The van der Waals surface area contributed by atoms with Crippen molar-refractivity contribution in [3.63, 3.8) is 0 Å². The van der Waals surface area contributed by atoms with Crippen molar-refractivity contribution in [3.05, 3.63) is 86.5 Å². The van der Waals surface area contributed by atoms with Gasteiger partial charge in [0, 0.05) is 28.7 Å². The van der Waals surface area contributed by atoms with Crippen LogP contribution < -0.4 is 5.63 Å². The lowest BCUT2D eigenvalue weighted by Crippen LogP contribution is -2.18. The molecule has 29 heavy (non-hydrogen) atoms. The number of ketones is 1. The number of rotatable bonds is 5. The number of hydrogen-bond acceptors (Lipinski definition) is 5. The number of aromatic nitrogens is 1. The number of carbonyl (C=O) groups is 2. The average molecular weight is 397 g/mol. The highest BCUT2D eigenvalue weighted by Gasteiger charge is 2.21. The number of aryl methyl sites for hydroxylation is 3. The number of nitrogens with zero attached hydrogens (tertiary/aromatic N) is 1. The predicted octanol–water partition coefficient (Wildman–Crippen LogP) is 3.84. The zero-order chi connectivity index (χ0) is 21.3. The van der Waals surface area contributed by atoms with Crippen molar-refractivity contribution < 1.29 is 23.1 Å². The normalized spacial score (nSPS) is 10.8. The van der Waals surface area contributed by atoms with Crippen molar-refractivity contribution in [1.29, 1.82) is 0 Å². The summed E-state index contributed by atoms with van der Waals surface area (Å²) in [7, 11) is 0. The molecule has 0 radical (unpaired) electrons. The third kappa shape index (κ3) is 4.03. The molecule has 0 fully saturated rings. The van der Waals surface area contributed by atoms with Gasteiger partial charge in [-0.15, -0.1) is 0 Å². The maximum atomic E-state index is 13.6. The largest absolute Gasteiger partial charge is 0.454 e. The molecule has 0 spiro atoms. The van der Waals surface area contributed by atoms with Crippen LogP contribution in [0.15, 0.2) is 45.6 Å². The molecule has 0 unspecified atom stereocenters. The molecule has 7 heteroatoms. The molecule has 0 aliphatic heterocycles. The molecular formula is C22H20FNO5. The van der Waals surface area contributed by atoms with Crippen LogP contribution in [-0.2, 0) is 4.74 Å². The summed E-state index contributed by atoms with van der Waals surface area (Å²) in [6, 6.07) is 8.93. The van der Waals surface area contributed by atoms with Crippen LogP contribution in [0.1, 0.15) is 43.4 Å². The van der Waals surface area contributed by atoms with Gasteiger partial charge in [-0.3, -0.25) is 4.79 Å². The van der Waals surface area contributed by atoms with Crippen LogP contribution in [0, 0.1) is 33.5 Å². The smallest absolute Gasteiger partial charge is 0.342 e. The molecule has 2 aromatic heterocycles. The van der Waals surface area contributed by atoms with E-state index in [4.69, 9.17) is 9.15 Å². The summed E-state index contributed by atoms with van der Waals surface area (Å²) in [4.78, 5) is 36.4. The average Bonchev–Trinajstić information content (AvgIpc) is 2.93. The molecule has 0 bridgehead atoms. The molecule has 150 valence electrons. The topological polar surface area (TPSA) is 78.5 Å². The summed E-state index contributed by atoms with van der Waals surface area (Å²) in [5.74, 6) is -1.37. The van der Waals surface area contributed by atoms with E-state index in [1.165, 1.54) is 25.1 Å². The standard InChI is InChI=1S/C22H20FNO5/c1-12-8-20(26)29-15(4)21(12)22(27)28-11-19(25)18-9-13(2)24(14(18)3)17-7-5-6-16(23)10-17/h5-10H,11H2,1-4H3. The summed E-state index contributed by atoms with van der Waals surface area (Å²) in [6.07, 6.45) is 0. The Morgan fingerprint density at radius 1 is 1.10 bits per heavy atom. The van der Waals surface area contributed by atoms with Gasteiger partial charge >= 0.3 is 11.6 Å². The summed E-state index contributed by atoms with van der Waals surface area (Å²) >= 11 is 0. The monoisotopic (exact) mass is 397 g/mol. The van der Waals surface area contributed by atoms with Gasteiger partial charge in [0.25, 0.3) is 0 Å². The van der Waals surface area contributed by atoms with E-state index in [1.807, 2.05) is 0 Å². The minimum absolute atomic E-state index is 0.127. The molecule has 3 aromatic rings. The molecule has 0 saturated carbocycles. The zero-order valence-electron chi connectivity index (χ0n) is 16.5. The summed E-state index contributed by atoms with van der Waals surface area (Å²) in [5, 5.41) is 0. The lowest BCUT2D eigenvalue weighted by Gasteiger charge is -2.10. The Bertz CT molecular complexity index is 1150. The minimum atomic E-state index is -0.740. The fourth-order valence-electron chi connectivity index (χ4n) is 3.40. The Kier molecular flexibility index (Phi) is 5.50. The number of carbonyl (C=O) groups excluding carboxylic acids is 2. The van der Waals surface area contributed by atoms with E-state index in [9.17, 15) is 18.8 Å². The van der Waals surface area contributed by atoms with Crippen molar-refractivity contribution in [1.82, 2.24) is 4.57 Å². The first-order chi connectivity index (χ1) is 13.7. The Labute approximate surface area is 166 Å². The molecule has 2 heterocycles. The molecule has 6 nitrogen and oxygen atoms in total. The zero-order valence-corrected chi connectivity index (χ0v) is 16.5. The third-order valence-electron chi connectivity index (χ3n) is 4.67. The lowest BCUT2D eigenvalue weighted by molar-refractivity contribution is 0.0469. The van der Waals surface area contributed by atoms with Crippen LogP contribution in [0.5, 0.6) is 0 Å². The van der Waals surface area contributed by atoms with Crippen LogP contribution in [0.4, 0.5) is 4.39 Å². The van der Waals surface area contributed by atoms with Crippen molar-refractivity contribution >= 4 is 11.8 Å².